The molecule has 0 saturated heterocycles. The SMILES string of the molecule is Cc1nn(C)c2nc(C3CC3)cc(C(=O)NCc3ccc(Cl)cc3)c12. The first kappa shape index (κ1) is 16.1. The van der Waals surface area contributed by atoms with Gasteiger partial charge in [0.15, 0.2) is 5.65 Å². The molecule has 4 rings (SSSR count). The van der Waals surface area contributed by atoms with E-state index >= 15 is 0 Å². The molecule has 0 unspecified atom stereocenters. The summed E-state index contributed by atoms with van der Waals surface area (Å²) in [5.41, 5.74) is 4.26. The Morgan fingerprint density at radius 1 is 1.32 bits per heavy atom. The van der Waals surface area contributed by atoms with Gasteiger partial charge < -0.3 is 5.32 Å². The smallest absolute Gasteiger partial charge is 0.252 e. The summed E-state index contributed by atoms with van der Waals surface area (Å²) in [4.78, 5) is 17.6. The van der Waals surface area contributed by atoms with Gasteiger partial charge in [0.1, 0.15) is 0 Å². The highest BCUT2D eigenvalue weighted by molar-refractivity contribution is 6.30. The summed E-state index contributed by atoms with van der Waals surface area (Å²) < 4.78 is 1.76. The number of fused-ring (bicyclic) bond motifs is 1. The van der Waals surface area contributed by atoms with Crippen molar-refractivity contribution in [2.75, 3.05) is 0 Å². The van der Waals surface area contributed by atoms with E-state index in [2.05, 4.69) is 10.4 Å². The molecule has 1 amide bonds. The van der Waals surface area contributed by atoms with Gasteiger partial charge in [0, 0.05) is 30.2 Å². The van der Waals surface area contributed by atoms with Crippen LogP contribution in [0.25, 0.3) is 11.0 Å². The number of hydrogen-bond acceptors (Lipinski definition) is 3. The highest BCUT2D eigenvalue weighted by atomic mass is 35.5. The molecule has 6 heteroatoms. The largest absolute Gasteiger partial charge is 0.348 e. The minimum atomic E-state index is -0.0969. The first-order chi connectivity index (χ1) is 12.0. The summed E-state index contributed by atoms with van der Waals surface area (Å²) >= 11 is 5.90. The second kappa shape index (κ2) is 6.15. The van der Waals surface area contributed by atoms with Crippen LogP contribution < -0.4 is 5.32 Å². The van der Waals surface area contributed by atoms with Gasteiger partial charge in [0.05, 0.1) is 16.6 Å². The Balaban J connectivity index is 1.66. The predicted molar refractivity (Wildman–Crippen MR) is 97.8 cm³/mol. The van der Waals surface area contributed by atoms with Crippen molar-refractivity contribution in [1.82, 2.24) is 20.1 Å². The quantitative estimate of drug-likeness (QED) is 0.776. The van der Waals surface area contributed by atoms with Crippen molar-refractivity contribution < 1.29 is 4.79 Å². The Hall–Kier alpha value is -2.40. The van der Waals surface area contributed by atoms with E-state index < -0.39 is 0 Å². The lowest BCUT2D eigenvalue weighted by atomic mass is 10.1. The van der Waals surface area contributed by atoms with E-state index in [1.165, 1.54) is 0 Å². The van der Waals surface area contributed by atoms with E-state index in [9.17, 15) is 4.79 Å². The van der Waals surface area contributed by atoms with Gasteiger partial charge in [-0.2, -0.15) is 5.10 Å². The van der Waals surface area contributed by atoms with Gasteiger partial charge >= 0.3 is 0 Å². The van der Waals surface area contributed by atoms with E-state index in [0.29, 0.717) is 23.0 Å². The summed E-state index contributed by atoms with van der Waals surface area (Å²) in [6.45, 7) is 2.37. The number of carbonyl (C=O) groups excluding carboxylic acids is 1. The molecule has 2 aromatic heterocycles. The number of rotatable bonds is 4. The Kier molecular flexibility index (Phi) is 3.96. The highest BCUT2D eigenvalue weighted by Crippen LogP contribution is 2.40. The molecular weight excluding hydrogens is 336 g/mol. The molecule has 3 aromatic rings. The number of pyridine rings is 1. The van der Waals surface area contributed by atoms with Gasteiger partial charge in [-0.05, 0) is 43.5 Å². The fourth-order valence-electron chi connectivity index (χ4n) is 3.11. The molecule has 0 bridgehead atoms. The second-order valence-electron chi connectivity index (χ2n) is 6.59. The molecule has 0 aliphatic heterocycles. The third kappa shape index (κ3) is 3.12. The topological polar surface area (TPSA) is 59.8 Å². The molecule has 5 nitrogen and oxygen atoms in total. The normalized spacial score (nSPS) is 14.0. The second-order valence-corrected chi connectivity index (χ2v) is 7.02. The zero-order valence-electron chi connectivity index (χ0n) is 14.2. The third-order valence-corrected chi connectivity index (χ3v) is 4.85. The van der Waals surface area contributed by atoms with Crippen molar-refractivity contribution in [2.24, 2.45) is 7.05 Å². The molecule has 128 valence electrons. The number of aryl methyl sites for hydroxylation is 2. The first-order valence-electron chi connectivity index (χ1n) is 8.40. The van der Waals surface area contributed by atoms with Crippen molar-refractivity contribution in [1.29, 1.82) is 0 Å². The van der Waals surface area contributed by atoms with Gasteiger partial charge in [-0.15, -0.1) is 0 Å². The highest BCUT2D eigenvalue weighted by Gasteiger charge is 2.28. The molecular formula is C19H19ClN4O. The monoisotopic (exact) mass is 354 g/mol. The zero-order chi connectivity index (χ0) is 17.6. The molecule has 1 fully saturated rings. The molecule has 1 aromatic carbocycles. The van der Waals surface area contributed by atoms with Crippen molar-refractivity contribution in [3.05, 3.63) is 57.9 Å². The summed E-state index contributed by atoms with van der Waals surface area (Å²) in [6.07, 6.45) is 2.28. The Morgan fingerprint density at radius 2 is 2.04 bits per heavy atom. The van der Waals surface area contributed by atoms with Gasteiger partial charge in [-0.25, -0.2) is 4.98 Å². The molecule has 1 saturated carbocycles. The van der Waals surface area contributed by atoms with Crippen molar-refractivity contribution in [3.8, 4) is 0 Å². The molecule has 2 heterocycles. The van der Waals surface area contributed by atoms with Crippen LogP contribution in [0.5, 0.6) is 0 Å². The summed E-state index contributed by atoms with van der Waals surface area (Å²) in [6, 6.07) is 9.41. The lowest BCUT2D eigenvalue weighted by molar-refractivity contribution is 0.0952. The molecule has 25 heavy (non-hydrogen) atoms. The van der Waals surface area contributed by atoms with Crippen LogP contribution in [0.3, 0.4) is 0 Å². The van der Waals surface area contributed by atoms with Gasteiger partial charge in [0.2, 0.25) is 0 Å². The lowest BCUT2D eigenvalue weighted by Gasteiger charge is -2.09. The summed E-state index contributed by atoms with van der Waals surface area (Å²) in [5.74, 6) is 0.378. The van der Waals surface area contributed by atoms with Crippen LogP contribution in [-0.4, -0.2) is 20.7 Å². The zero-order valence-corrected chi connectivity index (χ0v) is 15.0. The number of carbonyl (C=O) groups is 1. The third-order valence-electron chi connectivity index (χ3n) is 4.60. The van der Waals surface area contributed by atoms with Gasteiger partial charge in [-0.1, -0.05) is 23.7 Å². The number of hydrogen-bond donors (Lipinski definition) is 1. The predicted octanol–water partition coefficient (Wildman–Crippen LogP) is 3.74. The van der Waals surface area contributed by atoms with E-state index in [4.69, 9.17) is 16.6 Å². The standard InChI is InChI=1S/C19H19ClN4O/c1-11-17-15(19(25)21-10-12-3-7-14(20)8-4-12)9-16(13-5-6-13)22-18(17)24(2)23-11/h3-4,7-9,13H,5-6,10H2,1-2H3,(H,21,25). The van der Waals surface area contributed by atoms with Crippen LogP contribution in [0.15, 0.2) is 30.3 Å². The molecule has 1 N–H and O–H groups in total. The summed E-state index contributed by atoms with van der Waals surface area (Å²) in [5, 5.41) is 8.96. The van der Waals surface area contributed by atoms with Crippen LogP contribution >= 0.6 is 11.6 Å². The number of nitrogens with one attached hydrogen (secondary N) is 1. The maximum absolute atomic E-state index is 12.9. The molecule has 0 atom stereocenters. The minimum Gasteiger partial charge on any atom is -0.348 e. The van der Waals surface area contributed by atoms with Crippen LogP contribution in [0.2, 0.25) is 5.02 Å². The lowest BCUT2D eigenvalue weighted by Crippen LogP contribution is -2.23. The maximum atomic E-state index is 12.9. The number of aromatic nitrogens is 3. The van der Waals surface area contributed by atoms with Crippen molar-refractivity contribution >= 4 is 28.5 Å². The molecule has 0 spiro atoms. The van der Waals surface area contributed by atoms with Crippen LogP contribution in [-0.2, 0) is 13.6 Å². The Morgan fingerprint density at radius 3 is 2.72 bits per heavy atom. The molecule has 1 aliphatic carbocycles. The average Bonchev–Trinajstić information content (AvgIpc) is 3.40. The average molecular weight is 355 g/mol. The van der Waals surface area contributed by atoms with Gasteiger partial charge in [0.25, 0.3) is 5.91 Å². The minimum absolute atomic E-state index is 0.0969. The van der Waals surface area contributed by atoms with Crippen LogP contribution in [0.4, 0.5) is 0 Å². The first-order valence-corrected chi connectivity index (χ1v) is 8.77. The van der Waals surface area contributed by atoms with Crippen molar-refractivity contribution in [3.63, 3.8) is 0 Å². The van der Waals surface area contributed by atoms with Crippen LogP contribution in [0, 0.1) is 6.92 Å². The van der Waals surface area contributed by atoms with E-state index in [0.717, 1.165) is 40.8 Å². The molecule has 1 aliphatic rings. The number of amides is 1. The Bertz CT molecular complexity index is 958. The number of nitrogens with zero attached hydrogens (tertiary/aromatic N) is 3. The fraction of sp³-hybridized carbons (Fsp3) is 0.316. The van der Waals surface area contributed by atoms with Crippen molar-refractivity contribution in [2.45, 2.75) is 32.2 Å². The summed E-state index contributed by atoms with van der Waals surface area (Å²) in [7, 11) is 1.87. The maximum Gasteiger partial charge on any atom is 0.252 e. The van der Waals surface area contributed by atoms with E-state index in [1.54, 1.807) is 4.68 Å². The Labute approximate surface area is 151 Å². The van der Waals surface area contributed by atoms with Crippen LogP contribution in [0.1, 0.15) is 46.1 Å². The van der Waals surface area contributed by atoms with E-state index in [1.807, 2.05) is 44.3 Å². The number of benzene rings is 1. The fourth-order valence-corrected chi connectivity index (χ4v) is 3.24. The van der Waals surface area contributed by atoms with Gasteiger partial charge in [-0.3, -0.25) is 9.48 Å². The van der Waals surface area contributed by atoms with E-state index in [-0.39, 0.29) is 5.91 Å². The molecule has 0 radical (unpaired) electrons. The number of halogens is 1.